The van der Waals surface area contributed by atoms with E-state index in [9.17, 15) is 19.2 Å². The van der Waals surface area contributed by atoms with Crippen molar-refractivity contribution in [1.82, 2.24) is 19.8 Å². The van der Waals surface area contributed by atoms with E-state index in [0.29, 0.717) is 21.9 Å². The van der Waals surface area contributed by atoms with Crippen LogP contribution >= 0.6 is 22.9 Å². The Morgan fingerprint density at radius 1 is 1.18 bits per heavy atom. The molecule has 5 N–H and O–H groups in total. The quantitative estimate of drug-likeness (QED) is 0.479. The van der Waals surface area contributed by atoms with Gasteiger partial charge in [-0.05, 0) is 38.9 Å². The van der Waals surface area contributed by atoms with Crippen LogP contribution in [0.25, 0.3) is 0 Å². The number of fused-ring (bicyclic) bond motifs is 1. The molecule has 4 rings (SSSR count). The summed E-state index contributed by atoms with van der Waals surface area (Å²) in [6, 6.07) is 2.99. The van der Waals surface area contributed by atoms with Crippen LogP contribution in [-0.2, 0) is 27.3 Å². The second-order valence-electron chi connectivity index (χ2n) is 9.11. The smallest absolute Gasteiger partial charge is 0.314 e. The number of aromatic nitrogens is 2. The van der Waals surface area contributed by atoms with E-state index in [4.69, 9.17) is 23.1 Å². The Labute approximate surface area is 231 Å². The third-order valence-corrected chi connectivity index (χ3v) is 7.45. The van der Waals surface area contributed by atoms with E-state index in [-0.39, 0.29) is 5.82 Å². The molecule has 1 aliphatic carbocycles. The van der Waals surface area contributed by atoms with Crippen LogP contribution in [0.2, 0.25) is 5.02 Å². The number of nitrogens with two attached hydrogens (primary N) is 2. The number of halogens is 1. The van der Waals surface area contributed by atoms with Gasteiger partial charge in [-0.25, -0.2) is 9.97 Å². The Kier molecular flexibility index (Phi) is 12.6. The highest BCUT2D eigenvalue weighted by molar-refractivity contribution is 7.13. The van der Waals surface area contributed by atoms with Crippen molar-refractivity contribution in [2.45, 2.75) is 52.0 Å². The van der Waals surface area contributed by atoms with Crippen LogP contribution in [0.15, 0.2) is 18.3 Å². The molecule has 3 heterocycles. The SMILES string of the molecule is CCN(C)C(=O)C1CCCCC1.CN1CCc2nc(C(N)=O)sc2C1.NC(=O)C(=O)Nc1ccc(Cl)cn1. The zero-order chi connectivity index (χ0) is 28.2. The number of thiazole rings is 1. The summed E-state index contributed by atoms with van der Waals surface area (Å²) in [6.07, 6.45) is 8.31. The maximum absolute atomic E-state index is 11.7. The lowest BCUT2D eigenvalue weighted by molar-refractivity contribution is -0.135. The summed E-state index contributed by atoms with van der Waals surface area (Å²) in [5.74, 6) is -1.46. The molecule has 0 aromatic carbocycles. The third kappa shape index (κ3) is 9.99. The van der Waals surface area contributed by atoms with Crippen LogP contribution in [0.1, 0.15) is 59.4 Å². The van der Waals surface area contributed by atoms with Crippen molar-refractivity contribution in [2.75, 3.05) is 32.5 Å². The molecule has 2 aliphatic rings. The summed E-state index contributed by atoms with van der Waals surface area (Å²) in [5, 5.41) is 3.07. The van der Waals surface area contributed by atoms with E-state index in [1.807, 2.05) is 18.9 Å². The molecule has 208 valence electrons. The minimum atomic E-state index is -1.06. The summed E-state index contributed by atoms with van der Waals surface area (Å²) in [6.45, 7) is 4.77. The minimum absolute atomic E-state index is 0.230. The summed E-state index contributed by atoms with van der Waals surface area (Å²) < 4.78 is 0. The number of amides is 4. The molecule has 1 fully saturated rings. The van der Waals surface area contributed by atoms with Crippen molar-refractivity contribution >= 4 is 52.4 Å². The summed E-state index contributed by atoms with van der Waals surface area (Å²) in [5.41, 5.74) is 10.9. The van der Waals surface area contributed by atoms with Gasteiger partial charge in [0.25, 0.3) is 5.91 Å². The van der Waals surface area contributed by atoms with E-state index >= 15 is 0 Å². The Morgan fingerprint density at radius 3 is 2.42 bits per heavy atom. The predicted molar refractivity (Wildman–Crippen MR) is 148 cm³/mol. The number of nitrogens with zero attached hydrogens (tertiary/aromatic N) is 4. The first kappa shape index (κ1) is 31.1. The van der Waals surface area contributed by atoms with Gasteiger partial charge >= 0.3 is 11.8 Å². The molecule has 0 bridgehead atoms. The number of hydrogen-bond acceptors (Lipinski definition) is 8. The molecule has 4 amide bonds. The number of anilines is 1. The highest BCUT2D eigenvalue weighted by Crippen LogP contribution is 2.25. The Hall–Kier alpha value is -3.09. The molecule has 0 spiro atoms. The molecule has 1 saturated carbocycles. The number of pyridine rings is 1. The first-order valence-electron chi connectivity index (χ1n) is 12.5. The molecule has 2 aromatic rings. The van der Waals surface area contributed by atoms with Gasteiger partial charge in [0.1, 0.15) is 5.82 Å². The number of carbonyl (C=O) groups excluding carboxylic acids is 4. The Bertz CT molecular complexity index is 1100. The van der Waals surface area contributed by atoms with Gasteiger partial charge in [-0.3, -0.25) is 19.2 Å². The molecular formula is C25H36ClN7O4S. The zero-order valence-corrected chi connectivity index (χ0v) is 23.6. The Morgan fingerprint density at radius 2 is 1.87 bits per heavy atom. The topological polar surface area (TPSA) is 165 Å². The molecule has 0 unspecified atom stereocenters. The van der Waals surface area contributed by atoms with Crippen molar-refractivity contribution in [3.63, 3.8) is 0 Å². The van der Waals surface area contributed by atoms with Gasteiger partial charge in [0.2, 0.25) is 5.91 Å². The largest absolute Gasteiger partial charge is 0.364 e. The van der Waals surface area contributed by atoms with Crippen molar-refractivity contribution in [2.24, 2.45) is 17.4 Å². The van der Waals surface area contributed by atoms with E-state index < -0.39 is 17.7 Å². The van der Waals surface area contributed by atoms with Gasteiger partial charge in [-0.1, -0.05) is 30.9 Å². The average Bonchev–Trinajstić information content (AvgIpc) is 3.34. The standard InChI is InChI=1S/C10H19NO.C8H11N3OS.C7H6ClN3O2/c1-3-11(2)10(12)9-7-5-4-6-8-9;1-11-3-2-5-6(4-11)13-8(10-5)7(9)12;8-4-1-2-5(10-3-4)11-7(13)6(9)12/h9H,3-8H2,1-2H3;2-4H2,1H3,(H2,9,12);1-3H,(H2,9,12)(H,10,11,13). The summed E-state index contributed by atoms with van der Waals surface area (Å²) in [7, 11) is 3.96. The molecule has 1 aliphatic heterocycles. The zero-order valence-electron chi connectivity index (χ0n) is 22.0. The number of nitrogens with one attached hydrogen (secondary N) is 1. The van der Waals surface area contributed by atoms with Crippen molar-refractivity contribution in [1.29, 1.82) is 0 Å². The van der Waals surface area contributed by atoms with Crippen molar-refractivity contribution in [3.8, 4) is 0 Å². The van der Waals surface area contributed by atoms with Crippen molar-refractivity contribution in [3.05, 3.63) is 38.9 Å². The number of likely N-dealkylation sites (N-methyl/N-ethyl adjacent to an activating group) is 1. The fourth-order valence-corrected chi connectivity index (χ4v) is 5.03. The maximum Gasteiger partial charge on any atom is 0.314 e. The monoisotopic (exact) mass is 565 g/mol. The van der Waals surface area contributed by atoms with Crippen LogP contribution < -0.4 is 16.8 Å². The van der Waals surface area contributed by atoms with E-state index in [2.05, 4.69) is 27.2 Å². The number of carbonyl (C=O) groups is 4. The van der Waals surface area contributed by atoms with Crippen LogP contribution in [0.3, 0.4) is 0 Å². The molecule has 0 radical (unpaired) electrons. The highest BCUT2D eigenvalue weighted by Gasteiger charge is 2.23. The van der Waals surface area contributed by atoms with E-state index in [0.717, 1.165) is 44.6 Å². The third-order valence-electron chi connectivity index (χ3n) is 6.13. The summed E-state index contributed by atoms with van der Waals surface area (Å²) >= 11 is 6.96. The lowest BCUT2D eigenvalue weighted by Crippen LogP contribution is -2.33. The second-order valence-corrected chi connectivity index (χ2v) is 10.6. The molecule has 2 aromatic heterocycles. The molecule has 0 atom stereocenters. The average molecular weight is 566 g/mol. The fourth-order valence-electron chi connectivity index (χ4n) is 3.87. The number of primary amides is 2. The maximum atomic E-state index is 11.7. The minimum Gasteiger partial charge on any atom is -0.364 e. The lowest BCUT2D eigenvalue weighted by atomic mass is 9.88. The van der Waals surface area contributed by atoms with Crippen LogP contribution in [0.4, 0.5) is 5.82 Å². The van der Waals surface area contributed by atoms with Crippen molar-refractivity contribution < 1.29 is 19.2 Å². The van der Waals surface area contributed by atoms with Gasteiger partial charge in [-0.15, -0.1) is 11.3 Å². The lowest BCUT2D eigenvalue weighted by Gasteiger charge is -2.25. The van der Waals surface area contributed by atoms with Gasteiger partial charge in [0.05, 0.1) is 10.7 Å². The van der Waals surface area contributed by atoms with E-state index in [1.54, 1.807) is 0 Å². The molecule has 13 heteroatoms. The molecular weight excluding hydrogens is 530 g/mol. The number of hydrogen-bond donors (Lipinski definition) is 3. The van der Waals surface area contributed by atoms with Gasteiger partial charge in [-0.2, -0.15) is 0 Å². The second kappa shape index (κ2) is 15.4. The van der Waals surface area contributed by atoms with Crippen LogP contribution in [0, 0.1) is 5.92 Å². The first-order chi connectivity index (χ1) is 18.0. The summed E-state index contributed by atoms with van der Waals surface area (Å²) in [4.78, 5) is 56.7. The first-order valence-corrected chi connectivity index (χ1v) is 13.7. The van der Waals surface area contributed by atoms with Gasteiger partial charge < -0.3 is 26.6 Å². The fraction of sp³-hybridized carbons (Fsp3) is 0.520. The normalized spacial score (nSPS) is 15.1. The van der Waals surface area contributed by atoms with Gasteiger partial charge in [0, 0.05) is 50.1 Å². The van der Waals surface area contributed by atoms with Crippen LogP contribution in [-0.4, -0.2) is 70.6 Å². The number of rotatable bonds is 4. The Balaban J connectivity index is 0.000000200. The van der Waals surface area contributed by atoms with E-state index in [1.165, 1.54) is 53.8 Å². The molecule has 38 heavy (non-hydrogen) atoms. The van der Waals surface area contributed by atoms with Gasteiger partial charge in [0.15, 0.2) is 5.01 Å². The molecule has 11 nitrogen and oxygen atoms in total. The predicted octanol–water partition coefficient (Wildman–Crippen LogP) is 2.43. The molecule has 0 saturated heterocycles. The van der Waals surface area contributed by atoms with Crippen LogP contribution in [0.5, 0.6) is 0 Å². The highest BCUT2D eigenvalue weighted by atomic mass is 35.5.